The van der Waals surface area contributed by atoms with E-state index >= 15 is 0 Å². The van der Waals surface area contributed by atoms with Crippen LogP contribution >= 0.6 is 0 Å². The highest BCUT2D eigenvalue weighted by atomic mass is 16.5. The molecule has 4 amide bonds. The normalized spacial score (nSPS) is 15.4. The molecule has 180 valence electrons. The van der Waals surface area contributed by atoms with Crippen LogP contribution < -0.4 is 4.90 Å². The number of rotatable bonds is 8. The second-order valence-corrected chi connectivity index (χ2v) is 7.80. The number of nitrogens with zero attached hydrogens (tertiary/aromatic N) is 3. The van der Waals surface area contributed by atoms with E-state index < -0.39 is 23.8 Å². The summed E-state index contributed by atoms with van der Waals surface area (Å²) in [5.74, 6) is -1.82. The number of anilines is 1. The molecular formula is C26H25N3O6. The lowest BCUT2D eigenvalue weighted by Crippen LogP contribution is -2.57. The largest absolute Gasteiger partial charge is 0.465 e. The number of ether oxygens (including phenoxy) is 2. The molecule has 0 aliphatic carbocycles. The first kappa shape index (κ1) is 23.9. The van der Waals surface area contributed by atoms with Crippen LogP contribution in [0.5, 0.6) is 0 Å². The lowest BCUT2D eigenvalue weighted by Gasteiger charge is -2.33. The zero-order valence-electron chi connectivity index (χ0n) is 19.5. The van der Waals surface area contributed by atoms with Crippen molar-refractivity contribution >= 4 is 46.5 Å². The van der Waals surface area contributed by atoms with Gasteiger partial charge in [0.2, 0.25) is 0 Å². The molecular weight excluding hydrogens is 450 g/mol. The Kier molecular flexibility index (Phi) is 7.07. The Morgan fingerprint density at radius 2 is 1.69 bits per heavy atom. The van der Waals surface area contributed by atoms with Crippen LogP contribution in [0.3, 0.4) is 0 Å². The van der Waals surface area contributed by atoms with Crippen molar-refractivity contribution in [1.82, 2.24) is 9.47 Å². The number of esters is 1. The van der Waals surface area contributed by atoms with Crippen LogP contribution in [0.1, 0.15) is 12.5 Å². The number of hydrogen-bond acceptors (Lipinski definition) is 6. The van der Waals surface area contributed by atoms with Crippen molar-refractivity contribution in [3.63, 3.8) is 0 Å². The third-order valence-electron chi connectivity index (χ3n) is 5.59. The van der Waals surface area contributed by atoms with Gasteiger partial charge in [-0.15, -0.1) is 0 Å². The molecule has 1 aromatic heterocycles. The van der Waals surface area contributed by atoms with Crippen molar-refractivity contribution in [3.8, 4) is 0 Å². The number of urea groups is 1. The molecule has 0 atom stereocenters. The van der Waals surface area contributed by atoms with E-state index in [0.29, 0.717) is 11.3 Å². The maximum absolute atomic E-state index is 13.5. The van der Waals surface area contributed by atoms with Crippen molar-refractivity contribution < 1.29 is 28.7 Å². The summed E-state index contributed by atoms with van der Waals surface area (Å²) in [5.41, 5.74) is 1.50. The van der Waals surface area contributed by atoms with E-state index in [9.17, 15) is 19.2 Å². The number of imide groups is 2. The molecule has 9 heteroatoms. The number of amides is 4. The minimum absolute atomic E-state index is 0.00720. The Balaban J connectivity index is 1.81. The third-order valence-corrected chi connectivity index (χ3v) is 5.59. The summed E-state index contributed by atoms with van der Waals surface area (Å²) in [4.78, 5) is 54.0. The van der Waals surface area contributed by atoms with E-state index in [-0.39, 0.29) is 31.9 Å². The summed E-state index contributed by atoms with van der Waals surface area (Å²) in [5, 5.41) is 0.747. The average molecular weight is 476 g/mol. The maximum Gasteiger partial charge on any atom is 0.338 e. The van der Waals surface area contributed by atoms with Crippen molar-refractivity contribution in [2.75, 3.05) is 31.8 Å². The van der Waals surface area contributed by atoms with Crippen LogP contribution in [-0.2, 0) is 30.4 Å². The number of barbiturate groups is 1. The average Bonchev–Trinajstić information content (AvgIpc) is 3.19. The summed E-state index contributed by atoms with van der Waals surface area (Å²) < 4.78 is 11.8. The monoisotopic (exact) mass is 475 g/mol. The number of para-hydroxylation sites is 2. The zero-order chi connectivity index (χ0) is 24.9. The number of benzene rings is 2. The Morgan fingerprint density at radius 3 is 2.40 bits per heavy atom. The first-order valence-corrected chi connectivity index (χ1v) is 11.2. The smallest absolute Gasteiger partial charge is 0.338 e. The van der Waals surface area contributed by atoms with Crippen molar-refractivity contribution in [3.05, 3.63) is 71.9 Å². The Labute approximate surface area is 202 Å². The Morgan fingerprint density at radius 1 is 0.971 bits per heavy atom. The highest BCUT2D eigenvalue weighted by Crippen LogP contribution is 2.29. The molecule has 0 N–H and O–H groups in total. The predicted molar refractivity (Wildman–Crippen MR) is 129 cm³/mol. The first-order chi connectivity index (χ1) is 17.0. The molecule has 4 rings (SSSR count). The molecule has 1 aliphatic rings. The quantitative estimate of drug-likeness (QED) is 0.282. The van der Waals surface area contributed by atoms with Crippen LogP contribution in [0.2, 0.25) is 0 Å². The molecule has 2 aromatic carbocycles. The molecule has 9 nitrogen and oxygen atoms in total. The highest BCUT2D eigenvalue weighted by Gasteiger charge is 2.42. The van der Waals surface area contributed by atoms with Gasteiger partial charge in [0, 0.05) is 29.8 Å². The van der Waals surface area contributed by atoms with Gasteiger partial charge < -0.3 is 14.0 Å². The number of methoxy groups -OCH3 is 1. The van der Waals surface area contributed by atoms with E-state index in [2.05, 4.69) is 0 Å². The van der Waals surface area contributed by atoms with Crippen molar-refractivity contribution in [2.45, 2.75) is 13.5 Å². The Bertz CT molecular complexity index is 1310. The van der Waals surface area contributed by atoms with E-state index in [1.807, 2.05) is 24.3 Å². The first-order valence-electron chi connectivity index (χ1n) is 11.2. The topological polar surface area (TPSA) is 98.2 Å². The van der Waals surface area contributed by atoms with Gasteiger partial charge in [-0.3, -0.25) is 19.3 Å². The fraction of sp³-hybridized carbons (Fsp3) is 0.231. The molecule has 0 spiro atoms. The number of hydrogen-bond donors (Lipinski definition) is 0. The lowest BCUT2D eigenvalue weighted by molar-refractivity contribution is -0.143. The third kappa shape index (κ3) is 4.71. The minimum atomic E-state index is -0.731. The van der Waals surface area contributed by atoms with Crippen molar-refractivity contribution in [1.29, 1.82) is 0 Å². The summed E-state index contributed by atoms with van der Waals surface area (Å²) in [6.07, 6.45) is 3.16. The summed E-state index contributed by atoms with van der Waals surface area (Å²) in [6.45, 7) is 2.09. The van der Waals surface area contributed by atoms with Gasteiger partial charge in [0.15, 0.2) is 0 Å². The van der Waals surface area contributed by atoms with Crippen LogP contribution in [0.15, 0.2) is 66.4 Å². The van der Waals surface area contributed by atoms with Crippen molar-refractivity contribution in [2.24, 2.45) is 0 Å². The predicted octanol–water partition coefficient (Wildman–Crippen LogP) is 3.23. The highest BCUT2D eigenvalue weighted by molar-refractivity contribution is 6.39. The molecule has 0 saturated carbocycles. The van der Waals surface area contributed by atoms with Gasteiger partial charge in [0.1, 0.15) is 12.1 Å². The van der Waals surface area contributed by atoms with E-state index in [0.717, 1.165) is 20.7 Å². The summed E-state index contributed by atoms with van der Waals surface area (Å²) in [7, 11) is 1.47. The van der Waals surface area contributed by atoms with Crippen LogP contribution in [0.25, 0.3) is 17.0 Å². The number of carbonyl (C=O) groups is 4. The van der Waals surface area contributed by atoms with Gasteiger partial charge in [-0.2, -0.15) is 0 Å². The zero-order valence-corrected chi connectivity index (χ0v) is 19.5. The van der Waals surface area contributed by atoms with Gasteiger partial charge in [-0.1, -0.05) is 36.4 Å². The van der Waals surface area contributed by atoms with Gasteiger partial charge >= 0.3 is 12.0 Å². The van der Waals surface area contributed by atoms with E-state index in [1.54, 1.807) is 48.0 Å². The lowest BCUT2D eigenvalue weighted by atomic mass is 10.0. The van der Waals surface area contributed by atoms with E-state index in [1.165, 1.54) is 13.2 Å². The molecule has 0 bridgehead atoms. The van der Waals surface area contributed by atoms with Gasteiger partial charge in [-0.05, 0) is 31.2 Å². The molecule has 3 aromatic rings. The van der Waals surface area contributed by atoms with Gasteiger partial charge in [0.25, 0.3) is 11.8 Å². The van der Waals surface area contributed by atoms with Crippen LogP contribution in [-0.4, -0.2) is 60.2 Å². The van der Waals surface area contributed by atoms with Gasteiger partial charge in [0.05, 0.1) is 25.4 Å². The van der Waals surface area contributed by atoms with Gasteiger partial charge in [-0.25, -0.2) is 9.69 Å². The minimum Gasteiger partial charge on any atom is -0.465 e. The molecule has 0 radical (unpaired) electrons. The second-order valence-electron chi connectivity index (χ2n) is 7.80. The molecule has 2 heterocycles. The summed E-state index contributed by atoms with van der Waals surface area (Å²) >= 11 is 0. The van der Waals surface area contributed by atoms with Crippen LogP contribution in [0.4, 0.5) is 10.5 Å². The summed E-state index contributed by atoms with van der Waals surface area (Å²) in [6, 6.07) is 15.0. The molecule has 1 saturated heterocycles. The van der Waals surface area contributed by atoms with Crippen LogP contribution in [0, 0.1) is 0 Å². The molecule has 1 aliphatic heterocycles. The fourth-order valence-electron chi connectivity index (χ4n) is 3.98. The molecule has 0 unspecified atom stereocenters. The number of carbonyl (C=O) groups excluding carboxylic acids is 4. The maximum atomic E-state index is 13.5. The second kappa shape index (κ2) is 10.4. The standard InChI is InChI=1S/C26H25N3O6/c1-3-35-23(30)17-27-16-18(20-11-7-8-12-22(20)27)15-21-24(31)28(13-14-34-2)26(33)29(25(21)32)19-9-5-4-6-10-19/h4-12,15-16H,3,13-14,17H2,1-2H3/b21-15-. The molecule has 1 fully saturated rings. The number of fused-ring (bicyclic) bond motifs is 1. The van der Waals surface area contributed by atoms with E-state index in [4.69, 9.17) is 9.47 Å². The Hall–Kier alpha value is -4.24. The fourth-order valence-corrected chi connectivity index (χ4v) is 3.98. The molecule has 35 heavy (non-hydrogen) atoms. The SMILES string of the molecule is CCOC(=O)Cn1cc(/C=C2/C(=O)N(CCOC)C(=O)N(c3ccccc3)C2=O)c2ccccc21. The number of aromatic nitrogens is 1.